The first kappa shape index (κ1) is 16.7. The molecule has 1 aliphatic heterocycles. The minimum absolute atomic E-state index is 0.00880. The van der Waals surface area contributed by atoms with Gasteiger partial charge in [-0.2, -0.15) is 0 Å². The molecule has 1 N–H and O–H groups in total. The molecule has 0 aliphatic carbocycles. The summed E-state index contributed by atoms with van der Waals surface area (Å²) in [5.74, 6) is -0.00880. The summed E-state index contributed by atoms with van der Waals surface area (Å²) in [6, 6.07) is 16.3. The molecule has 0 unspecified atom stereocenters. The Morgan fingerprint density at radius 3 is 2.33 bits per heavy atom. The number of carbonyl (C=O) groups excluding carboxylic acids is 1. The summed E-state index contributed by atoms with van der Waals surface area (Å²) in [5, 5.41) is 3.01. The number of likely N-dealkylation sites (tertiary alicyclic amines) is 1. The van der Waals surface area contributed by atoms with E-state index in [9.17, 15) is 4.79 Å². The molecule has 3 nitrogen and oxygen atoms in total. The summed E-state index contributed by atoms with van der Waals surface area (Å²) in [4.78, 5) is 14.8. The van der Waals surface area contributed by atoms with Crippen molar-refractivity contribution < 1.29 is 4.79 Å². The molecule has 1 heterocycles. The zero-order valence-corrected chi connectivity index (χ0v) is 14.4. The number of rotatable bonds is 5. The number of benzene rings is 2. The van der Waals surface area contributed by atoms with Crippen LogP contribution in [0.25, 0.3) is 0 Å². The summed E-state index contributed by atoms with van der Waals surface area (Å²) < 4.78 is 0. The molecule has 24 heavy (non-hydrogen) atoms. The number of nitrogens with zero attached hydrogens (tertiary/aromatic N) is 1. The third-order valence-corrected chi connectivity index (χ3v) is 4.72. The van der Waals surface area contributed by atoms with Gasteiger partial charge in [-0.3, -0.25) is 9.69 Å². The Labute approximate surface area is 144 Å². The zero-order valence-electron chi connectivity index (χ0n) is 14.4. The number of amides is 1. The molecule has 1 aliphatic rings. The second kappa shape index (κ2) is 8.11. The quantitative estimate of drug-likeness (QED) is 0.905. The van der Waals surface area contributed by atoms with Gasteiger partial charge in [0, 0.05) is 18.7 Å². The summed E-state index contributed by atoms with van der Waals surface area (Å²) >= 11 is 0. The maximum atomic E-state index is 12.3. The molecule has 1 fully saturated rings. The van der Waals surface area contributed by atoms with E-state index in [2.05, 4.69) is 34.5 Å². The van der Waals surface area contributed by atoms with Crippen molar-refractivity contribution in [3.05, 3.63) is 70.8 Å². The van der Waals surface area contributed by atoms with Crippen molar-refractivity contribution in [1.82, 2.24) is 10.2 Å². The molecular formula is C21H26N2O. The number of carbonyl (C=O) groups is 1. The molecule has 2 aromatic rings. The molecule has 126 valence electrons. The van der Waals surface area contributed by atoms with Crippen molar-refractivity contribution in [2.45, 2.75) is 39.3 Å². The first-order valence-electron chi connectivity index (χ1n) is 8.86. The van der Waals surface area contributed by atoms with Crippen LogP contribution in [0.15, 0.2) is 48.5 Å². The Hall–Kier alpha value is -2.13. The average Bonchev–Trinajstić information content (AvgIpc) is 2.62. The van der Waals surface area contributed by atoms with Crippen molar-refractivity contribution in [1.29, 1.82) is 0 Å². The number of hydrogen-bond donors (Lipinski definition) is 1. The van der Waals surface area contributed by atoms with Crippen LogP contribution in [0.4, 0.5) is 0 Å². The van der Waals surface area contributed by atoms with E-state index in [0.717, 1.165) is 23.2 Å². The molecule has 1 saturated heterocycles. The lowest BCUT2D eigenvalue weighted by Gasteiger charge is -2.26. The van der Waals surface area contributed by atoms with Gasteiger partial charge in [0.15, 0.2) is 0 Å². The average molecular weight is 322 g/mol. The van der Waals surface area contributed by atoms with Crippen molar-refractivity contribution in [3.63, 3.8) is 0 Å². The fourth-order valence-corrected chi connectivity index (χ4v) is 3.24. The van der Waals surface area contributed by atoms with Gasteiger partial charge in [-0.05, 0) is 55.6 Å². The second-order valence-corrected chi connectivity index (χ2v) is 6.65. The van der Waals surface area contributed by atoms with Crippen LogP contribution < -0.4 is 5.32 Å². The highest BCUT2D eigenvalue weighted by Gasteiger charge is 2.10. The van der Waals surface area contributed by atoms with E-state index >= 15 is 0 Å². The molecule has 0 spiro atoms. The van der Waals surface area contributed by atoms with Crippen LogP contribution in [0.2, 0.25) is 0 Å². The topological polar surface area (TPSA) is 32.3 Å². The molecule has 1 amide bonds. The molecule has 3 heteroatoms. The SMILES string of the molecule is Cc1ccccc1C(=O)NCc1ccc(CN2CCCCC2)cc1. The maximum absolute atomic E-state index is 12.3. The van der Waals surface area contributed by atoms with E-state index < -0.39 is 0 Å². The number of nitrogens with one attached hydrogen (secondary N) is 1. The smallest absolute Gasteiger partial charge is 0.251 e. The van der Waals surface area contributed by atoms with E-state index in [1.54, 1.807) is 0 Å². The predicted octanol–water partition coefficient (Wildman–Crippen LogP) is 3.91. The van der Waals surface area contributed by atoms with Gasteiger partial charge in [-0.15, -0.1) is 0 Å². The van der Waals surface area contributed by atoms with Crippen molar-refractivity contribution in [3.8, 4) is 0 Å². The third kappa shape index (κ3) is 4.45. The fraction of sp³-hybridized carbons (Fsp3) is 0.381. The lowest BCUT2D eigenvalue weighted by molar-refractivity contribution is 0.0950. The predicted molar refractivity (Wildman–Crippen MR) is 97.9 cm³/mol. The van der Waals surface area contributed by atoms with E-state index in [4.69, 9.17) is 0 Å². The van der Waals surface area contributed by atoms with Gasteiger partial charge in [0.2, 0.25) is 0 Å². The van der Waals surface area contributed by atoms with Crippen LogP contribution in [0, 0.1) is 6.92 Å². The number of hydrogen-bond acceptors (Lipinski definition) is 2. The van der Waals surface area contributed by atoms with Crippen LogP contribution in [0.3, 0.4) is 0 Å². The van der Waals surface area contributed by atoms with Crippen LogP contribution >= 0.6 is 0 Å². The molecule has 0 saturated carbocycles. The lowest BCUT2D eigenvalue weighted by atomic mass is 10.1. The number of aryl methyl sites for hydroxylation is 1. The maximum Gasteiger partial charge on any atom is 0.251 e. The standard InChI is InChI=1S/C21H26N2O/c1-17-7-3-4-8-20(17)21(24)22-15-18-9-11-19(12-10-18)16-23-13-5-2-6-14-23/h3-4,7-12H,2,5-6,13-16H2,1H3,(H,22,24). The third-order valence-electron chi connectivity index (χ3n) is 4.72. The van der Waals surface area contributed by atoms with Gasteiger partial charge in [-0.25, -0.2) is 0 Å². The van der Waals surface area contributed by atoms with E-state index in [0.29, 0.717) is 6.54 Å². The summed E-state index contributed by atoms with van der Waals surface area (Å²) in [6.45, 7) is 6.00. The van der Waals surface area contributed by atoms with Gasteiger partial charge < -0.3 is 5.32 Å². The highest BCUT2D eigenvalue weighted by atomic mass is 16.1. The van der Waals surface area contributed by atoms with Crippen molar-refractivity contribution in [2.75, 3.05) is 13.1 Å². The van der Waals surface area contributed by atoms with E-state index in [1.165, 1.54) is 37.9 Å². The minimum atomic E-state index is -0.00880. The van der Waals surface area contributed by atoms with Crippen LogP contribution in [-0.4, -0.2) is 23.9 Å². The summed E-state index contributed by atoms with van der Waals surface area (Å²) in [7, 11) is 0. The Morgan fingerprint density at radius 2 is 1.62 bits per heavy atom. The lowest BCUT2D eigenvalue weighted by Crippen LogP contribution is -2.29. The molecule has 0 aromatic heterocycles. The van der Waals surface area contributed by atoms with Crippen molar-refractivity contribution >= 4 is 5.91 Å². The minimum Gasteiger partial charge on any atom is -0.348 e. The van der Waals surface area contributed by atoms with Gasteiger partial charge >= 0.3 is 0 Å². The van der Waals surface area contributed by atoms with Gasteiger partial charge in [0.25, 0.3) is 5.91 Å². The van der Waals surface area contributed by atoms with Gasteiger partial charge in [0.1, 0.15) is 0 Å². The number of piperidine rings is 1. The van der Waals surface area contributed by atoms with E-state index in [-0.39, 0.29) is 5.91 Å². The van der Waals surface area contributed by atoms with Crippen LogP contribution in [-0.2, 0) is 13.1 Å². The Balaban J connectivity index is 1.52. The first-order valence-corrected chi connectivity index (χ1v) is 8.86. The first-order chi connectivity index (χ1) is 11.7. The molecule has 0 atom stereocenters. The Morgan fingerprint density at radius 1 is 0.958 bits per heavy atom. The summed E-state index contributed by atoms with van der Waals surface area (Å²) in [5.41, 5.74) is 4.25. The fourth-order valence-electron chi connectivity index (χ4n) is 3.24. The molecule has 3 rings (SSSR count). The highest BCUT2D eigenvalue weighted by molar-refractivity contribution is 5.95. The monoisotopic (exact) mass is 322 g/mol. The Kier molecular flexibility index (Phi) is 5.65. The van der Waals surface area contributed by atoms with Crippen molar-refractivity contribution in [2.24, 2.45) is 0 Å². The van der Waals surface area contributed by atoms with Crippen LogP contribution in [0.5, 0.6) is 0 Å². The van der Waals surface area contributed by atoms with Crippen LogP contribution in [0.1, 0.15) is 46.3 Å². The Bertz CT molecular complexity index is 672. The second-order valence-electron chi connectivity index (χ2n) is 6.65. The molecule has 2 aromatic carbocycles. The summed E-state index contributed by atoms with van der Waals surface area (Å²) in [6.07, 6.45) is 4.02. The van der Waals surface area contributed by atoms with Gasteiger partial charge in [0.05, 0.1) is 0 Å². The largest absolute Gasteiger partial charge is 0.348 e. The normalized spacial score (nSPS) is 15.2. The van der Waals surface area contributed by atoms with Gasteiger partial charge in [-0.1, -0.05) is 48.9 Å². The zero-order chi connectivity index (χ0) is 16.8. The highest BCUT2D eigenvalue weighted by Crippen LogP contribution is 2.14. The molecular weight excluding hydrogens is 296 g/mol. The van der Waals surface area contributed by atoms with E-state index in [1.807, 2.05) is 31.2 Å². The molecule has 0 radical (unpaired) electrons. The molecule has 0 bridgehead atoms.